The smallest absolute Gasteiger partial charge is 0.308 e. The van der Waals surface area contributed by atoms with Crippen LogP contribution in [-0.2, 0) is 0 Å². The van der Waals surface area contributed by atoms with E-state index in [0.717, 1.165) is 16.3 Å². The zero-order chi connectivity index (χ0) is 12.1. The fraction of sp³-hybridized carbons (Fsp3) is 0. The first-order valence-corrected chi connectivity index (χ1v) is 5.61. The Morgan fingerprint density at radius 3 is 1.94 bits per heavy atom. The van der Waals surface area contributed by atoms with Gasteiger partial charge in [0.05, 0.1) is 0 Å². The maximum absolute atomic E-state index is 11.6. The van der Waals surface area contributed by atoms with Gasteiger partial charge in [0, 0.05) is 16.3 Å². The summed E-state index contributed by atoms with van der Waals surface area (Å²) in [6.07, 6.45) is 0. The molecule has 0 bridgehead atoms. The van der Waals surface area contributed by atoms with Crippen molar-refractivity contribution in [1.82, 2.24) is 0 Å². The van der Waals surface area contributed by atoms with Gasteiger partial charge in [0.15, 0.2) is 0 Å². The molecule has 0 heterocycles. The molecular weight excluding hydrogens is 232 g/mol. The number of anilines is 2. The van der Waals surface area contributed by atoms with Gasteiger partial charge in [0.2, 0.25) is 0 Å². The van der Waals surface area contributed by atoms with E-state index in [2.05, 4.69) is 23.3 Å². The number of rotatable bonds is 2. The Morgan fingerprint density at radius 2 is 1.35 bits per heavy atom. The average Bonchev–Trinajstić information content (AvgIpc) is 2.33. The van der Waals surface area contributed by atoms with E-state index in [-0.39, 0.29) is 6.03 Å². The summed E-state index contributed by atoms with van der Waals surface area (Å²) in [6.45, 7) is 0. The molecule has 0 aliphatic heterocycles. The van der Waals surface area contributed by atoms with Crippen LogP contribution < -0.4 is 10.6 Å². The van der Waals surface area contributed by atoms with E-state index in [1.54, 1.807) is 12.1 Å². The molecule has 0 fully saturated rings. The van der Waals surface area contributed by atoms with Crippen LogP contribution in [0.15, 0.2) is 59.5 Å². The second-order valence-corrected chi connectivity index (χ2v) is 4.01. The molecule has 4 heteroatoms. The van der Waals surface area contributed by atoms with Gasteiger partial charge >= 0.3 is 6.03 Å². The average molecular weight is 244 g/mol. The molecule has 0 aromatic heterocycles. The summed E-state index contributed by atoms with van der Waals surface area (Å²) in [6, 6.07) is 16.3. The largest absolute Gasteiger partial charge is 0.323 e. The number of benzene rings is 2. The van der Waals surface area contributed by atoms with Crippen molar-refractivity contribution in [3.05, 3.63) is 54.6 Å². The molecule has 17 heavy (non-hydrogen) atoms. The Bertz CT molecular complexity index is 497. The van der Waals surface area contributed by atoms with E-state index < -0.39 is 0 Å². The predicted octanol–water partition coefficient (Wildman–Crippen LogP) is 3.62. The highest BCUT2D eigenvalue weighted by Gasteiger charge is 2.01. The first-order valence-electron chi connectivity index (χ1n) is 5.16. The lowest BCUT2D eigenvalue weighted by Gasteiger charge is -2.07. The highest BCUT2D eigenvalue weighted by Crippen LogP contribution is 2.12. The van der Waals surface area contributed by atoms with Crippen LogP contribution >= 0.6 is 12.6 Å². The molecule has 0 radical (unpaired) electrons. The van der Waals surface area contributed by atoms with Crippen molar-refractivity contribution < 1.29 is 4.79 Å². The molecule has 2 rings (SSSR count). The van der Waals surface area contributed by atoms with E-state index in [1.165, 1.54) is 0 Å². The van der Waals surface area contributed by atoms with Crippen LogP contribution in [0, 0.1) is 0 Å². The quantitative estimate of drug-likeness (QED) is 0.694. The SMILES string of the molecule is O=C(Nc1ccccc1)Nc1ccc(S)cc1. The summed E-state index contributed by atoms with van der Waals surface area (Å²) in [5.74, 6) is 0. The number of amides is 2. The van der Waals surface area contributed by atoms with Crippen LogP contribution in [0.1, 0.15) is 0 Å². The van der Waals surface area contributed by atoms with E-state index in [9.17, 15) is 4.79 Å². The van der Waals surface area contributed by atoms with E-state index in [0.29, 0.717) is 0 Å². The number of urea groups is 1. The molecule has 2 aromatic carbocycles. The van der Waals surface area contributed by atoms with E-state index in [4.69, 9.17) is 0 Å². The molecule has 0 aliphatic carbocycles. The third kappa shape index (κ3) is 3.53. The molecule has 0 saturated carbocycles. The second-order valence-electron chi connectivity index (χ2n) is 3.49. The van der Waals surface area contributed by atoms with Gasteiger partial charge < -0.3 is 10.6 Å². The van der Waals surface area contributed by atoms with Crippen LogP contribution in [0.2, 0.25) is 0 Å². The molecule has 0 saturated heterocycles. The molecule has 2 amide bonds. The minimum Gasteiger partial charge on any atom is -0.308 e. The summed E-state index contributed by atoms with van der Waals surface area (Å²) >= 11 is 4.17. The van der Waals surface area contributed by atoms with Crippen molar-refractivity contribution in [2.45, 2.75) is 4.90 Å². The van der Waals surface area contributed by atoms with Gasteiger partial charge in [-0.1, -0.05) is 18.2 Å². The third-order valence-corrected chi connectivity index (χ3v) is 2.45. The van der Waals surface area contributed by atoms with Crippen LogP contribution in [0.5, 0.6) is 0 Å². The Labute approximate surface area is 105 Å². The van der Waals surface area contributed by atoms with Gasteiger partial charge in [-0.25, -0.2) is 4.79 Å². The van der Waals surface area contributed by atoms with E-state index >= 15 is 0 Å². The number of hydrogen-bond acceptors (Lipinski definition) is 2. The lowest BCUT2D eigenvalue weighted by atomic mass is 10.3. The maximum Gasteiger partial charge on any atom is 0.323 e. The number of thiol groups is 1. The molecule has 86 valence electrons. The summed E-state index contributed by atoms with van der Waals surface area (Å²) in [5.41, 5.74) is 1.49. The van der Waals surface area contributed by atoms with Gasteiger partial charge in [-0.3, -0.25) is 0 Å². The van der Waals surface area contributed by atoms with Gasteiger partial charge in [0.1, 0.15) is 0 Å². The number of carbonyl (C=O) groups is 1. The van der Waals surface area contributed by atoms with Gasteiger partial charge in [-0.05, 0) is 36.4 Å². The number of hydrogen-bond donors (Lipinski definition) is 3. The van der Waals surface area contributed by atoms with Crippen molar-refractivity contribution in [1.29, 1.82) is 0 Å². The highest BCUT2D eigenvalue weighted by molar-refractivity contribution is 7.80. The number of nitrogens with one attached hydrogen (secondary N) is 2. The minimum atomic E-state index is -0.261. The Balaban J connectivity index is 1.96. The summed E-state index contributed by atoms with van der Waals surface area (Å²) in [7, 11) is 0. The van der Waals surface area contributed by atoms with Gasteiger partial charge in [-0.2, -0.15) is 0 Å². The standard InChI is InChI=1S/C13H12N2OS/c16-13(14-10-4-2-1-3-5-10)15-11-6-8-12(17)9-7-11/h1-9,17H,(H2,14,15,16). The minimum absolute atomic E-state index is 0.261. The summed E-state index contributed by atoms with van der Waals surface area (Å²) in [4.78, 5) is 12.5. The van der Waals surface area contributed by atoms with Crippen LogP contribution in [0.25, 0.3) is 0 Å². The van der Waals surface area contributed by atoms with Crippen molar-refractivity contribution in [2.24, 2.45) is 0 Å². The fourth-order valence-corrected chi connectivity index (χ4v) is 1.51. The third-order valence-electron chi connectivity index (χ3n) is 2.16. The summed E-state index contributed by atoms with van der Waals surface area (Å²) in [5, 5.41) is 5.47. The van der Waals surface area contributed by atoms with Crippen molar-refractivity contribution in [3.63, 3.8) is 0 Å². The van der Waals surface area contributed by atoms with E-state index in [1.807, 2.05) is 42.5 Å². The van der Waals surface area contributed by atoms with Crippen molar-refractivity contribution >= 4 is 30.0 Å². The zero-order valence-corrected chi connectivity index (χ0v) is 9.95. The molecule has 2 N–H and O–H groups in total. The van der Waals surface area contributed by atoms with Crippen LogP contribution in [0.3, 0.4) is 0 Å². The van der Waals surface area contributed by atoms with Crippen molar-refractivity contribution in [2.75, 3.05) is 10.6 Å². The van der Waals surface area contributed by atoms with Gasteiger partial charge in [0.25, 0.3) is 0 Å². The van der Waals surface area contributed by atoms with Gasteiger partial charge in [-0.15, -0.1) is 12.6 Å². The predicted molar refractivity (Wildman–Crippen MR) is 72.8 cm³/mol. The van der Waals surface area contributed by atoms with Crippen molar-refractivity contribution in [3.8, 4) is 0 Å². The maximum atomic E-state index is 11.6. The topological polar surface area (TPSA) is 41.1 Å². The number of para-hydroxylation sites is 1. The lowest BCUT2D eigenvalue weighted by Crippen LogP contribution is -2.19. The first-order chi connectivity index (χ1) is 8.24. The molecule has 3 nitrogen and oxygen atoms in total. The Hall–Kier alpha value is -1.94. The second kappa shape index (κ2) is 5.41. The zero-order valence-electron chi connectivity index (χ0n) is 9.05. The Morgan fingerprint density at radius 1 is 0.824 bits per heavy atom. The molecule has 0 atom stereocenters. The lowest BCUT2D eigenvalue weighted by molar-refractivity contribution is 0.262. The monoisotopic (exact) mass is 244 g/mol. The summed E-state index contributed by atoms with van der Waals surface area (Å²) < 4.78 is 0. The highest BCUT2D eigenvalue weighted by atomic mass is 32.1. The number of carbonyl (C=O) groups excluding carboxylic acids is 1. The van der Waals surface area contributed by atoms with Crippen LogP contribution in [0.4, 0.5) is 16.2 Å². The molecular formula is C13H12N2OS. The molecule has 2 aromatic rings. The normalized spacial score (nSPS) is 9.71. The molecule has 0 unspecified atom stereocenters. The van der Waals surface area contributed by atoms with Crippen LogP contribution in [-0.4, -0.2) is 6.03 Å². The molecule has 0 aliphatic rings. The fourth-order valence-electron chi connectivity index (χ4n) is 1.36. The Kier molecular flexibility index (Phi) is 3.67. The molecule has 0 spiro atoms. The first kappa shape index (κ1) is 11.5.